The molecular weight excluding hydrogens is 673 g/mol. The number of benzene rings is 5. The van der Waals surface area contributed by atoms with Crippen LogP contribution >= 0.6 is 11.8 Å². The maximum absolute atomic E-state index is 14.2. The summed E-state index contributed by atoms with van der Waals surface area (Å²) in [5.74, 6) is -11.9. The standard InChI is InChI=1S/C39H32F5NO4S/c1-22-30(21-50-28-8-3-2-4-9-28)48-39(49-37(22)25-13-11-23(20-46)12-14-25)26-17-15-24(16-18-26)29-10-6-5-7-27(29)19-45-38(47)31-32(40)34(42)36(44)35(43)33(31)41/h2-18,22,30,37,39,46H,19-21H2,1H3,(H,45,47). The van der Waals surface area contributed by atoms with Crippen molar-refractivity contribution < 1.29 is 41.3 Å². The molecule has 0 bridgehead atoms. The number of aliphatic hydroxyl groups excluding tert-OH is 1. The third-order valence-corrected chi connectivity index (χ3v) is 9.77. The van der Waals surface area contributed by atoms with Crippen molar-refractivity contribution in [3.8, 4) is 11.1 Å². The average molecular weight is 706 g/mol. The minimum atomic E-state index is -2.34. The Hall–Kier alpha value is -4.55. The molecule has 0 saturated carbocycles. The second-order valence-corrected chi connectivity index (χ2v) is 12.9. The maximum atomic E-state index is 14.2. The number of rotatable bonds is 10. The summed E-state index contributed by atoms with van der Waals surface area (Å²) in [5.41, 5.74) is 2.95. The van der Waals surface area contributed by atoms with Crippen LogP contribution in [0.15, 0.2) is 108 Å². The molecular formula is C39H32F5NO4S. The lowest BCUT2D eigenvalue weighted by atomic mass is 9.91. The molecule has 4 atom stereocenters. The second kappa shape index (κ2) is 15.6. The van der Waals surface area contributed by atoms with Gasteiger partial charge in [0.25, 0.3) is 5.91 Å². The van der Waals surface area contributed by atoms with Crippen molar-refractivity contribution in [2.45, 2.75) is 43.5 Å². The summed E-state index contributed by atoms with van der Waals surface area (Å²) in [7, 11) is 0. The first kappa shape index (κ1) is 35.3. The number of aliphatic hydroxyl groups is 1. The molecule has 1 amide bonds. The molecule has 1 fully saturated rings. The van der Waals surface area contributed by atoms with Crippen LogP contribution in [0.1, 0.15) is 51.9 Å². The average Bonchev–Trinajstić information content (AvgIpc) is 3.16. The van der Waals surface area contributed by atoms with Crippen molar-refractivity contribution in [3.63, 3.8) is 0 Å². The van der Waals surface area contributed by atoms with E-state index < -0.39 is 46.8 Å². The van der Waals surface area contributed by atoms with Gasteiger partial charge in [-0.2, -0.15) is 0 Å². The summed E-state index contributed by atoms with van der Waals surface area (Å²) >= 11 is 1.70. The van der Waals surface area contributed by atoms with Crippen molar-refractivity contribution in [3.05, 3.63) is 160 Å². The van der Waals surface area contributed by atoms with Gasteiger partial charge in [0.15, 0.2) is 29.6 Å². The van der Waals surface area contributed by atoms with Crippen molar-refractivity contribution in [2.75, 3.05) is 5.75 Å². The molecule has 11 heteroatoms. The van der Waals surface area contributed by atoms with Gasteiger partial charge in [0.1, 0.15) is 5.56 Å². The zero-order valence-corrected chi connectivity index (χ0v) is 27.5. The summed E-state index contributed by atoms with van der Waals surface area (Å²) in [6, 6.07) is 32.1. The Balaban J connectivity index is 1.21. The smallest absolute Gasteiger partial charge is 0.257 e. The van der Waals surface area contributed by atoms with E-state index in [1.807, 2.05) is 66.7 Å². The summed E-state index contributed by atoms with van der Waals surface area (Å²) in [5, 5.41) is 11.8. The minimum absolute atomic E-state index is 0.00800. The van der Waals surface area contributed by atoms with E-state index in [4.69, 9.17) is 9.47 Å². The van der Waals surface area contributed by atoms with Gasteiger partial charge in [0.05, 0.1) is 18.8 Å². The molecule has 2 N–H and O–H groups in total. The molecule has 4 unspecified atom stereocenters. The molecule has 258 valence electrons. The number of amides is 1. The summed E-state index contributed by atoms with van der Waals surface area (Å²) in [6.07, 6.45) is -1.15. The molecule has 5 aromatic rings. The zero-order chi connectivity index (χ0) is 35.4. The van der Waals surface area contributed by atoms with Crippen LogP contribution in [0.3, 0.4) is 0 Å². The molecule has 5 aromatic carbocycles. The van der Waals surface area contributed by atoms with Gasteiger partial charge in [-0.05, 0) is 39.9 Å². The van der Waals surface area contributed by atoms with Crippen molar-refractivity contribution in [1.82, 2.24) is 5.32 Å². The lowest BCUT2D eigenvalue weighted by Gasteiger charge is -2.41. The topological polar surface area (TPSA) is 67.8 Å². The van der Waals surface area contributed by atoms with E-state index in [-0.39, 0.29) is 31.3 Å². The monoisotopic (exact) mass is 705 g/mol. The lowest BCUT2D eigenvalue weighted by Crippen LogP contribution is -2.38. The molecule has 6 rings (SSSR count). The van der Waals surface area contributed by atoms with E-state index in [1.165, 1.54) is 0 Å². The molecule has 50 heavy (non-hydrogen) atoms. The van der Waals surface area contributed by atoms with E-state index in [2.05, 4.69) is 24.4 Å². The predicted molar refractivity (Wildman–Crippen MR) is 179 cm³/mol. The first-order valence-corrected chi connectivity index (χ1v) is 16.8. The molecule has 0 aliphatic carbocycles. The van der Waals surface area contributed by atoms with Crippen molar-refractivity contribution in [1.29, 1.82) is 0 Å². The fourth-order valence-corrected chi connectivity index (χ4v) is 6.94. The summed E-state index contributed by atoms with van der Waals surface area (Å²) in [6.45, 7) is 1.79. The Morgan fingerprint density at radius 2 is 1.34 bits per heavy atom. The number of thioether (sulfide) groups is 1. The Kier molecular flexibility index (Phi) is 11.0. The van der Waals surface area contributed by atoms with Gasteiger partial charge in [-0.25, -0.2) is 22.0 Å². The Morgan fingerprint density at radius 3 is 2.00 bits per heavy atom. The molecule has 5 nitrogen and oxygen atoms in total. The predicted octanol–water partition coefficient (Wildman–Crippen LogP) is 9.06. The van der Waals surface area contributed by atoms with Crippen LogP contribution in [0, 0.1) is 35.0 Å². The van der Waals surface area contributed by atoms with E-state index >= 15 is 0 Å². The van der Waals surface area contributed by atoms with E-state index in [0.717, 1.165) is 27.1 Å². The molecule has 0 radical (unpaired) electrons. The quantitative estimate of drug-likeness (QED) is 0.0657. The van der Waals surface area contributed by atoms with Gasteiger partial charge in [-0.15, -0.1) is 11.8 Å². The first-order chi connectivity index (χ1) is 24.2. The lowest BCUT2D eigenvalue weighted by molar-refractivity contribution is -0.268. The molecule has 0 spiro atoms. The minimum Gasteiger partial charge on any atom is -0.392 e. The fraction of sp³-hybridized carbons (Fsp3) is 0.205. The number of carbonyl (C=O) groups is 1. The highest BCUT2D eigenvalue weighted by atomic mass is 32.2. The highest BCUT2D eigenvalue weighted by Gasteiger charge is 2.38. The highest BCUT2D eigenvalue weighted by Crippen LogP contribution is 2.43. The largest absolute Gasteiger partial charge is 0.392 e. The molecule has 0 aromatic heterocycles. The van der Waals surface area contributed by atoms with Crippen LogP contribution in [0.5, 0.6) is 0 Å². The summed E-state index contributed by atoms with van der Waals surface area (Å²) < 4.78 is 82.4. The number of ether oxygens (including phenoxy) is 2. The van der Waals surface area contributed by atoms with Crippen LogP contribution in [-0.4, -0.2) is 22.9 Å². The van der Waals surface area contributed by atoms with Crippen molar-refractivity contribution in [2.24, 2.45) is 5.92 Å². The van der Waals surface area contributed by atoms with Gasteiger partial charge in [-0.1, -0.05) is 97.9 Å². The number of hydrogen-bond donors (Lipinski definition) is 2. The van der Waals surface area contributed by atoms with Gasteiger partial charge in [-0.3, -0.25) is 4.79 Å². The maximum Gasteiger partial charge on any atom is 0.257 e. The highest BCUT2D eigenvalue weighted by molar-refractivity contribution is 7.99. The van der Waals surface area contributed by atoms with Gasteiger partial charge in [0.2, 0.25) is 5.82 Å². The van der Waals surface area contributed by atoms with Crippen LogP contribution in [0.4, 0.5) is 22.0 Å². The molecule has 1 aliphatic rings. The molecule has 1 aliphatic heterocycles. The van der Waals surface area contributed by atoms with Gasteiger partial charge in [0, 0.05) is 28.7 Å². The Labute approximate surface area is 290 Å². The summed E-state index contributed by atoms with van der Waals surface area (Å²) in [4.78, 5) is 13.7. The number of nitrogens with one attached hydrogen (secondary N) is 1. The van der Waals surface area contributed by atoms with Crippen LogP contribution in [0.25, 0.3) is 11.1 Å². The Morgan fingerprint density at radius 1 is 0.740 bits per heavy atom. The molecule has 1 saturated heterocycles. The van der Waals surface area contributed by atoms with E-state index in [1.54, 1.807) is 36.0 Å². The third kappa shape index (κ3) is 7.46. The number of halogens is 5. The van der Waals surface area contributed by atoms with Gasteiger partial charge < -0.3 is 19.9 Å². The van der Waals surface area contributed by atoms with Gasteiger partial charge >= 0.3 is 0 Å². The van der Waals surface area contributed by atoms with E-state index in [0.29, 0.717) is 16.9 Å². The number of carbonyl (C=O) groups excluding carboxylic acids is 1. The van der Waals surface area contributed by atoms with Crippen LogP contribution < -0.4 is 5.32 Å². The normalized spacial score (nSPS) is 18.9. The first-order valence-electron chi connectivity index (χ1n) is 15.8. The SMILES string of the molecule is CC1C(CSc2ccccc2)OC(c2ccc(-c3ccccc3CNC(=O)c3c(F)c(F)c(F)c(F)c3F)cc2)OC1c1ccc(CO)cc1. The number of hydrogen-bond acceptors (Lipinski definition) is 5. The van der Waals surface area contributed by atoms with Crippen LogP contribution in [-0.2, 0) is 22.6 Å². The zero-order valence-electron chi connectivity index (χ0n) is 26.7. The second-order valence-electron chi connectivity index (χ2n) is 11.9. The molecule has 1 heterocycles. The van der Waals surface area contributed by atoms with Crippen molar-refractivity contribution >= 4 is 17.7 Å². The Bertz CT molecular complexity index is 1930. The van der Waals surface area contributed by atoms with E-state index in [9.17, 15) is 31.9 Å². The van der Waals surface area contributed by atoms with Crippen LogP contribution in [0.2, 0.25) is 0 Å². The third-order valence-electron chi connectivity index (χ3n) is 8.67. The fourth-order valence-electron chi connectivity index (χ4n) is 5.85.